The largest absolute Gasteiger partial charge is 0.616 e. The zero-order chi connectivity index (χ0) is 14.4. The summed E-state index contributed by atoms with van der Waals surface area (Å²) in [5.41, 5.74) is 1.30. The van der Waals surface area contributed by atoms with Crippen molar-refractivity contribution in [2.75, 3.05) is 0 Å². The molecule has 0 atom stereocenters. The van der Waals surface area contributed by atoms with Gasteiger partial charge in [-0.1, -0.05) is 30.3 Å². The molecule has 0 aliphatic carbocycles. The number of ether oxygens (including phenoxy) is 2. The lowest BCUT2D eigenvalue weighted by Gasteiger charge is -2.09. The molecule has 0 saturated heterocycles. The minimum atomic E-state index is -0.430. The maximum absolute atomic E-state index is 12.0. The van der Waals surface area contributed by atoms with Crippen LogP contribution in [0.15, 0.2) is 48.5 Å². The molecule has 0 amide bonds. The van der Waals surface area contributed by atoms with Crippen molar-refractivity contribution in [3.63, 3.8) is 0 Å². The maximum atomic E-state index is 12.0. The van der Waals surface area contributed by atoms with Gasteiger partial charge in [0.2, 0.25) is 5.69 Å². The van der Waals surface area contributed by atoms with Crippen LogP contribution in [0.3, 0.4) is 0 Å². The van der Waals surface area contributed by atoms with E-state index in [1.54, 1.807) is 18.2 Å². The first-order chi connectivity index (χ1) is 9.66. The lowest BCUT2D eigenvalue weighted by molar-refractivity contribution is -0.623. The van der Waals surface area contributed by atoms with E-state index >= 15 is 0 Å². The normalized spacial score (nSPS) is 10.1. The fourth-order valence-corrected chi connectivity index (χ4v) is 1.64. The third kappa shape index (κ3) is 3.71. The Labute approximate surface area is 117 Å². The van der Waals surface area contributed by atoms with Gasteiger partial charge in [-0.3, -0.25) is 4.79 Å². The topological polar surface area (TPSA) is 62.5 Å². The van der Waals surface area contributed by atoms with Crippen LogP contribution in [0.4, 0.5) is 0 Å². The molecular weight excluding hydrogens is 258 g/mol. The van der Waals surface area contributed by atoms with Gasteiger partial charge in [0.25, 0.3) is 0 Å². The number of hydrogen-bond donors (Lipinski definition) is 0. The van der Waals surface area contributed by atoms with Crippen molar-refractivity contribution in [3.05, 3.63) is 65.0 Å². The van der Waals surface area contributed by atoms with Crippen molar-refractivity contribution in [2.24, 2.45) is 0 Å². The summed E-state index contributed by atoms with van der Waals surface area (Å²) < 4.78 is 10.9. The summed E-state index contributed by atoms with van der Waals surface area (Å²) in [6.07, 6.45) is 0. The van der Waals surface area contributed by atoms with Crippen LogP contribution in [-0.2, 0) is 22.7 Å². The monoisotopic (exact) mass is 273 g/mol. The van der Waals surface area contributed by atoms with Crippen LogP contribution in [0.25, 0.3) is 0 Å². The minimum Gasteiger partial charge on any atom is -0.616 e. The molecule has 1 aromatic carbocycles. The number of benzene rings is 1. The number of hydrogen-bond acceptors (Lipinski definition) is 4. The van der Waals surface area contributed by atoms with E-state index in [1.807, 2.05) is 30.3 Å². The van der Waals surface area contributed by atoms with E-state index in [9.17, 15) is 10.0 Å². The number of rotatable bonds is 5. The van der Waals surface area contributed by atoms with Gasteiger partial charge in [-0.25, -0.2) is 0 Å². The summed E-state index contributed by atoms with van der Waals surface area (Å²) in [4.78, 5) is 10.8. The van der Waals surface area contributed by atoms with Gasteiger partial charge in [-0.2, -0.15) is 0 Å². The van der Waals surface area contributed by atoms with Crippen LogP contribution in [0, 0.1) is 5.21 Å². The van der Waals surface area contributed by atoms with Gasteiger partial charge < -0.3 is 14.7 Å². The molecule has 1 aromatic heterocycles. The van der Waals surface area contributed by atoms with Gasteiger partial charge in [0, 0.05) is 13.0 Å². The van der Waals surface area contributed by atoms with Gasteiger partial charge in [0.1, 0.15) is 6.61 Å². The highest BCUT2D eigenvalue weighted by Gasteiger charge is 2.13. The molecule has 5 nitrogen and oxygen atoms in total. The van der Waals surface area contributed by atoms with Gasteiger partial charge in [-0.05, 0) is 11.6 Å². The van der Waals surface area contributed by atoms with Crippen molar-refractivity contribution < 1.29 is 19.0 Å². The fraction of sp³-hybridized carbons (Fsp3) is 0.200. The van der Waals surface area contributed by atoms with E-state index in [-0.39, 0.29) is 12.5 Å². The van der Waals surface area contributed by atoms with Crippen LogP contribution in [0.5, 0.6) is 5.88 Å². The van der Waals surface area contributed by atoms with Gasteiger partial charge in [-0.15, -0.1) is 4.73 Å². The van der Waals surface area contributed by atoms with Crippen LogP contribution in [0.1, 0.15) is 18.2 Å². The van der Waals surface area contributed by atoms with Crippen molar-refractivity contribution in [3.8, 4) is 5.88 Å². The lowest BCUT2D eigenvalue weighted by Crippen LogP contribution is -2.34. The highest BCUT2D eigenvalue weighted by molar-refractivity contribution is 5.65. The second-order valence-corrected chi connectivity index (χ2v) is 4.20. The van der Waals surface area contributed by atoms with E-state index in [1.165, 1.54) is 6.92 Å². The van der Waals surface area contributed by atoms with E-state index in [2.05, 4.69) is 0 Å². The molecule has 5 heteroatoms. The molecule has 0 saturated carbocycles. The number of nitrogens with zero attached hydrogens (tertiary/aromatic N) is 1. The summed E-state index contributed by atoms with van der Waals surface area (Å²) >= 11 is 0. The Morgan fingerprint density at radius 1 is 1.10 bits per heavy atom. The number of esters is 1. The molecule has 2 rings (SSSR count). The predicted molar refractivity (Wildman–Crippen MR) is 71.6 cm³/mol. The quantitative estimate of drug-likeness (QED) is 0.474. The Bertz CT molecular complexity index is 584. The standard InChI is InChI=1S/C15H15NO4/c1-12(17)19-11-14-8-5-9-15(16(14)18)20-10-13-6-3-2-4-7-13/h2-9H,10-11H2,1H3. The van der Waals surface area contributed by atoms with Crippen molar-refractivity contribution in [1.29, 1.82) is 0 Å². The van der Waals surface area contributed by atoms with Crippen molar-refractivity contribution in [1.82, 2.24) is 0 Å². The van der Waals surface area contributed by atoms with Crippen LogP contribution in [0.2, 0.25) is 0 Å². The smallest absolute Gasteiger partial charge is 0.380 e. The van der Waals surface area contributed by atoms with Crippen molar-refractivity contribution in [2.45, 2.75) is 20.1 Å². The summed E-state index contributed by atoms with van der Waals surface area (Å²) in [6, 6.07) is 14.4. The number of carbonyl (C=O) groups excluding carboxylic acids is 1. The fourth-order valence-electron chi connectivity index (χ4n) is 1.64. The SMILES string of the molecule is CC(=O)OCc1cccc(OCc2ccccc2)[n+]1[O-]. The Hall–Kier alpha value is -2.56. The second kappa shape index (κ2) is 6.56. The van der Waals surface area contributed by atoms with Gasteiger partial charge in [0.15, 0.2) is 6.61 Å². The van der Waals surface area contributed by atoms with Gasteiger partial charge in [0.05, 0.1) is 6.07 Å². The number of pyridine rings is 1. The van der Waals surface area contributed by atoms with Crippen LogP contribution < -0.4 is 9.47 Å². The Kier molecular flexibility index (Phi) is 4.55. The Morgan fingerprint density at radius 3 is 2.55 bits per heavy atom. The molecule has 20 heavy (non-hydrogen) atoms. The van der Waals surface area contributed by atoms with E-state index in [4.69, 9.17) is 9.47 Å². The molecule has 0 unspecified atom stereocenters. The second-order valence-electron chi connectivity index (χ2n) is 4.20. The third-order valence-electron chi connectivity index (χ3n) is 2.64. The molecule has 0 aliphatic heterocycles. The van der Waals surface area contributed by atoms with Crippen molar-refractivity contribution >= 4 is 5.97 Å². The molecule has 1 heterocycles. The molecular formula is C15H15NO4. The molecule has 0 fully saturated rings. The highest BCUT2D eigenvalue weighted by Crippen LogP contribution is 2.09. The average Bonchev–Trinajstić information content (AvgIpc) is 2.46. The summed E-state index contributed by atoms with van der Waals surface area (Å²) in [5.74, 6) is -0.251. The zero-order valence-corrected chi connectivity index (χ0v) is 11.1. The predicted octanol–water partition coefficient (Wildman–Crippen LogP) is 1.96. The molecule has 0 spiro atoms. The maximum Gasteiger partial charge on any atom is 0.380 e. The average molecular weight is 273 g/mol. The first kappa shape index (κ1) is 13.9. The number of aromatic nitrogens is 1. The molecule has 0 bridgehead atoms. The molecule has 0 aliphatic rings. The zero-order valence-electron chi connectivity index (χ0n) is 11.1. The molecule has 104 valence electrons. The van der Waals surface area contributed by atoms with E-state index < -0.39 is 5.97 Å². The Balaban J connectivity index is 2.04. The summed E-state index contributed by atoms with van der Waals surface area (Å²) in [6.45, 7) is 1.53. The van der Waals surface area contributed by atoms with E-state index in [0.717, 1.165) is 5.56 Å². The summed E-state index contributed by atoms with van der Waals surface area (Å²) in [5, 5.41) is 12.0. The Morgan fingerprint density at radius 2 is 1.85 bits per heavy atom. The lowest BCUT2D eigenvalue weighted by atomic mass is 10.2. The highest BCUT2D eigenvalue weighted by atomic mass is 16.6. The van der Waals surface area contributed by atoms with Gasteiger partial charge >= 0.3 is 11.8 Å². The molecule has 0 radical (unpaired) electrons. The first-order valence-electron chi connectivity index (χ1n) is 6.18. The van der Waals surface area contributed by atoms with Crippen LogP contribution >= 0.6 is 0 Å². The number of carbonyl (C=O) groups is 1. The van der Waals surface area contributed by atoms with E-state index in [0.29, 0.717) is 17.0 Å². The molecule has 2 aromatic rings. The minimum absolute atomic E-state index is 0.0681. The molecule has 0 N–H and O–H groups in total. The summed E-state index contributed by atoms with van der Waals surface area (Å²) in [7, 11) is 0. The third-order valence-corrected chi connectivity index (χ3v) is 2.64. The van der Waals surface area contributed by atoms with Crippen LogP contribution in [-0.4, -0.2) is 5.97 Å². The first-order valence-corrected chi connectivity index (χ1v) is 6.18.